The summed E-state index contributed by atoms with van der Waals surface area (Å²) >= 11 is 1.54. The fourth-order valence-corrected chi connectivity index (χ4v) is 3.62. The van der Waals surface area contributed by atoms with Gasteiger partial charge in [-0.3, -0.25) is 14.2 Å². The molecule has 1 aliphatic carbocycles. The van der Waals surface area contributed by atoms with Crippen molar-refractivity contribution in [3.8, 4) is 0 Å². The van der Waals surface area contributed by atoms with E-state index in [1.165, 1.54) is 6.20 Å². The lowest BCUT2D eigenvalue weighted by molar-refractivity contribution is 0.0559. The van der Waals surface area contributed by atoms with Crippen molar-refractivity contribution < 1.29 is 9.90 Å². The molecule has 0 unspecified atom stereocenters. The number of nitrogens with zero attached hydrogens (tertiary/aromatic N) is 3. The van der Waals surface area contributed by atoms with E-state index >= 15 is 0 Å². The molecule has 21 heavy (non-hydrogen) atoms. The highest BCUT2D eigenvalue weighted by Crippen LogP contribution is 2.26. The number of aliphatic hydroxyl groups excluding tert-OH is 1. The minimum absolute atomic E-state index is 0.0502. The number of carbonyl (C=O) groups excluding carboxylic acids is 1. The Morgan fingerprint density at radius 2 is 2.33 bits per heavy atom. The topological polar surface area (TPSA) is 75.4 Å². The Hall–Kier alpha value is -1.34. The van der Waals surface area contributed by atoms with Gasteiger partial charge in [0, 0.05) is 37.7 Å². The number of carbonyl (C=O) groups is 1. The van der Waals surface area contributed by atoms with Gasteiger partial charge in [0.25, 0.3) is 11.5 Å². The molecule has 6 nitrogen and oxygen atoms in total. The molecule has 1 aliphatic heterocycles. The van der Waals surface area contributed by atoms with Crippen molar-refractivity contribution in [1.29, 1.82) is 0 Å². The molecule has 1 amide bonds. The highest BCUT2D eigenvalue weighted by molar-refractivity contribution is 7.99. The van der Waals surface area contributed by atoms with Crippen LogP contribution in [0.5, 0.6) is 0 Å². The van der Waals surface area contributed by atoms with E-state index in [2.05, 4.69) is 4.98 Å². The molecule has 1 N–H and O–H groups in total. The second-order valence-electron chi connectivity index (χ2n) is 5.42. The van der Waals surface area contributed by atoms with Gasteiger partial charge in [-0.25, -0.2) is 4.98 Å². The number of thioether (sulfide) groups is 1. The minimum Gasteiger partial charge on any atom is -0.396 e. The number of amides is 1. The van der Waals surface area contributed by atoms with E-state index in [4.69, 9.17) is 5.11 Å². The molecule has 1 fully saturated rings. The van der Waals surface area contributed by atoms with E-state index in [-0.39, 0.29) is 29.7 Å². The summed E-state index contributed by atoms with van der Waals surface area (Å²) in [4.78, 5) is 31.1. The number of aromatic nitrogens is 2. The molecule has 2 aliphatic rings. The maximum absolute atomic E-state index is 12.7. The summed E-state index contributed by atoms with van der Waals surface area (Å²) in [5.74, 6) is 0.592. The first kappa shape index (κ1) is 14.6. The quantitative estimate of drug-likeness (QED) is 0.811. The average molecular weight is 309 g/mol. The number of hydrogen-bond acceptors (Lipinski definition) is 5. The minimum atomic E-state index is -0.238. The van der Waals surface area contributed by atoms with Crippen LogP contribution in [0, 0.1) is 0 Å². The highest BCUT2D eigenvalue weighted by Gasteiger charge is 2.31. The Bertz CT molecular complexity index is 598. The Morgan fingerprint density at radius 1 is 1.52 bits per heavy atom. The molecular formula is C14H19N3O3S. The van der Waals surface area contributed by atoms with Gasteiger partial charge in [0.1, 0.15) is 5.56 Å². The molecule has 7 heteroatoms. The van der Waals surface area contributed by atoms with Crippen LogP contribution in [0.1, 0.15) is 36.0 Å². The van der Waals surface area contributed by atoms with Crippen molar-refractivity contribution in [2.24, 2.45) is 0 Å². The number of hydrogen-bond donors (Lipinski definition) is 1. The molecule has 1 aromatic rings. The largest absolute Gasteiger partial charge is 0.396 e. The van der Waals surface area contributed by atoms with Crippen LogP contribution in [0.25, 0.3) is 0 Å². The molecule has 0 spiro atoms. The molecule has 0 aromatic carbocycles. The molecule has 0 radical (unpaired) electrons. The van der Waals surface area contributed by atoms with Crippen LogP contribution in [0.15, 0.2) is 16.1 Å². The Kier molecular flexibility index (Phi) is 4.30. The maximum Gasteiger partial charge on any atom is 0.267 e. The zero-order chi connectivity index (χ0) is 14.8. The van der Waals surface area contributed by atoms with Crippen LogP contribution in [0.2, 0.25) is 0 Å². The maximum atomic E-state index is 12.7. The van der Waals surface area contributed by atoms with Gasteiger partial charge in [-0.05, 0) is 25.7 Å². The van der Waals surface area contributed by atoms with Crippen LogP contribution in [0.3, 0.4) is 0 Å². The van der Waals surface area contributed by atoms with Gasteiger partial charge >= 0.3 is 0 Å². The lowest BCUT2D eigenvalue weighted by Crippen LogP contribution is -2.47. The molecule has 0 saturated heterocycles. The lowest BCUT2D eigenvalue weighted by Gasteiger charge is -2.37. The summed E-state index contributed by atoms with van der Waals surface area (Å²) in [6, 6.07) is 0.205. The highest BCUT2D eigenvalue weighted by atomic mass is 32.2. The van der Waals surface area contributed by atoms with Crippen molar-refractivity contribution in [2.45, 2.75) is 43.4 Å². The molecule has 1 saturated carbocycles. The third kappa shape index (κ3) is 2.72. The third-order valence-corrected chi connectivity index (χ3v) is 5.09. The van der Waals surface area contributed by atoms with E-state index in [0.29, 0.717) is 24.7 Å². The van der Waals surface area contributed by atoms with E-state index in [0.717, 1.165) is 25.0 Å². The predicted molar refractivity (Wildman–Crippen MR) is 79.6 cm³/mol. The molecule has 0 atom stereocenters. The summed E-state index contributed by atoms with van der Waals surface area (Å²) < 4.78 is 1.59. The summed E-state index contributed by atoms with van der Waals surface area (Å²) in [7, 11) is 0. The van der Waals surface area contributed by atoms with E-state index in [1.807, 2.05) is 0 Å². The van der Waals surface area contributed by atoms with Gasteiger partial charge in [0.2, 0.25) is 0 Å². The monoisotopic (exact) mass is 309 g/mol. The van der Waals surface area contributed by atoms with Crippen molar-refractivity contribution in [3.05, 3.63) is 22.1 Å². The van der Waals surface area contributed by atoms with Crippen molar-refractivity contribution in [3.63, 3.8) is 0 Å². The SMILES string of the molecule is O=C(c1cnc2n(c1=O)CCS2)N(CCCO)C1CCC1. The third-order valence-electron chi connectivity index (χ3n) is 4.12. The zero-order valence-electron chi connectivity index (χ0n) is 11.8. The van der Waals surface area contributed by atoms with Gasteiger partial charge in [-0.2, -0.15) is 0 Å². The first-order chi connectivity index (χ1) is 10.2. The predicted octanol–water partition coefficient (Wildman–Crippen LogP) is 0.726. The van der Waals surface area contributed by atoms with E-state index in [9.17, 15) is 9.59 Å². The fraction of sp³-hybridized carbons (Fsp3) is 0.643. The Morgan fingerprint density at radius 3 is 3.00 bits per heavy atom. The molecule has 1 aromatic heterocycles. The van der Waals surface area contributed by atoms with Crippen molar-refractivity contribution in [2.75, 3.05) is 18.9 Å². The zero-order valence-corrected chi connectivity index (χ0v) is 12.6. The Labute approximate surface area is 127 Å². The fourth-order valence-electron chi connectivity index (χ4n) is 2.71. The van der Waals surface area contributed by atoms with Crippen molar-refractivity contribution in [1.82, 2.24) is 14.5 Å². The van der Waals surface area contributed by atoms with Gasteiger partial charge in [-0.1, -0.05) is 11.8 Å². The van der Waals surface area contributed by atoms with E-state index < -0.39 is 0 Å². The van der Waals surface area contributed by atoms with Gasteiger partial charge in [0.15, 0.2) is 5.16 Å². The summed E-state index contributed by atoms with van der Waals surface area (Å²) in [6.45, 7) is 1.16. The molecule has 0 bridgehead atoms. The van der Waals surface area contributed by atoms with Gasteiger partial charge in [-0.15, -0.1) is 0 Å². The lowest BCUT2D eigenvalue weighted by atomic mass is 9.91. The second-order valence-corrected chi connectivity index (χ2v) is 6.48. The first-order valence-corrected chi connectivity index (χ1v) is 8.35. The summed E-state index contributed by atoms with van der Waals surface area (Å²) in [5.41, 5.74) is -0.0746. The number of rotatable bonds is 5. The Balaban J connectivity index is 1.87. The normalized spacial score (nSPS) is 17.4. The van der Waals surface area contributed by atoms with Crippen LogP contribution in [-0.4, -0.2) is 50.4 Å². The second kappa shape index (κ2) is 6.19. The van der Waals surface area contributed by atoms with Gasteiger partial charge in [0.05, 0.1) is 0 Å². The van der Waals surface area contributed by atoms with Crippen LogP contribution >= 0.6 is 11.8 Å². The van der Waals surface area contributed by atoms with E-state index in [1.54, 1.807) is 21.2 Å². The molecule has 2 heterocycles. The molecule has 114 valence electrons. The average Bonchev–Trinajstić information content (AvgIpc) is 2.90. The van der Waals surface area contributed by atoms with Crippen LogP contribution in [0.4, 0.5) is 0 Å². The standard InChI is InChI=1S/C14H19N3O3S/c18-7-2-5-16(10-3-1-4-10)12(19)11-9-15-14-17(13(11)20)6-8-21-14/h9-10,18H,1-8H2. The van der Waals surface area contributed by atoms with Crippen LogP contribution in [-0.2, 0) is 6.54 Å². The summed E-state index contributed by atoms with van der Waals surface area (Å²) in [6.07, 6.45) is 5.03. The first-order valence-electron chi connectivity index (χ1n) is 7.37. The molecule has 3 rings (SSSR count). The summed E-state index contributed by atoms with van der Waals surface area (Å²) in [5, 5.41) is 9.70. The number of aliphatic hydroxyl groups is 1. The van der Waals surface area contributed by atoms with Crippen molar-refractivity contribution >= 4 is 17.7 Å². The number of fused-ring (bicyclic) bond motifs is 1. The molecular weight excluding hydrogens is 290 g/mol. The smallest absolute Gasteiger partial charge is 0.267 e. The van der Waals surface area contributed by atoms with Gasteiger partial charge < -0.3 is 10.0 Å². The van der Waals surface area contributed by atoms with Crippen LogP contribution < -0.4 is 5.56 Å².